The Hall–Kier alpha value is -1.16. The van der Waals surface area contributed by atoms with E-state index in [1.54, 1.807) is 12.1 Å². The molecular weight excluding hydrogens is 247 g/mol. The van der Waals surface area contributed by atoms with Crippen molar-refractivity contribution in [2.75, 3.05) is 18.0 Å². The van der Waals surface area contributed by atoms with Crippen molar-refractivity contribution < 1.29 is 4.39 Å². The van der Waals surface area contributed by atoms with Crippen LogP contribution in [0.1, 0.15) is 27.2 Å². The van der Waals surface area contributed by atoms with E-state index in [1.165, 1.54) is 6.07 Å². The van der Waals surface area contributed by atoms with Gasteiger partial charge < -0.3 is 10.6 Å². The Bertz CT molecular complexity index is 418. The van der Waals surface area contributed by atoms with Crippen LogP contribution in [0.5, 0.6) is 0 Å². The molecule has 0 heterocycles. The summed E-state index contributed by atoms with van der Waals surface area (Å²) in [5.74, 6) is -0.188. The Morgan fingerprint density at radius 3 is 2.50 bits per heavy atom. The second-order valence-corrected chi connectivity index (χ2v) is 5.47. The van der Waals surface area contributed by atoms with Crippen LogP contribution < -0.4 is 10.6 Å². The molecule has 0 aliphatic heterocycles. The van der Waals surface area contributed by atoms with E-state index in [0.29, 0.717) is 10.7 Å². The molecule has 1 aromatic rings. The first-order valence-corrected chi connectivity index (χ1v) is 6.58. The Balaban J connectivity index is 2.75. The van der Waals surface area contributed by atoms with E-state index >= 15 is 0 Å². The van der Waals surface area contributed by atoms with E-state index in [0.717, 1.165) is 19.5 Å². The highest BCUT2D eigenvalue weighted by Gasteiger charge is 2.22. The van der Waals surface area contributed by atoms with Gasteiger partial charge in [-0.2, -0.15) is 0 Å². The Morgan fingerprint density at radius 2 is 2.00 bits per heavy atom. The Labute approximate surface area is 114 Å². The summed E-state index contributed by atoms with van der Waals surface area (Å²) < 4.78 is 13.7. The fourth-order valence-electron chi connectivity index (χ4n) is 1.69. The van der Waals surface area contributed by atoms with Gasteiger partial charge in [-0.05, 0) is 25.5 Å². The molecule has 100 valence electrons. The van der Waals surface area contributed by atoms with E-state index in [2.05, 4.69) is 0 Å². The maximum atomic E-state index is 13.7. The molecule has 0 fully saturated rings. The average molecular weight is 268 g/mol. The molecule has 0 aliphatic rings. The summed E-state index contributed by atoms with van der Waals surface area (Å²) in [6, 6.07) is 6.83. The van der Waals surface area contributed by atoms with Crippen molar-refractivity contribution in [3.8, 4) is 0 Å². The molecular formula is C14H21FN2S. The van der Waals surface area contributed by atoms with Crippen molar-refractivity contribution in [3.63, 3.8) is 0 Å². The Kier molecular flexibility index (Phi) is 5.08. The zero-order valence-corrected chi connectivity index (χ0v) is 12.1. The minimum atomic E-state index is -0.200. The van der Waals surface area contributed by atoms with Crippen molar-refractivity contribution in [2.45, 2.75) is 27.2 Å². The second kappa shape index (κ2) is 6.14. The topological polar surface area (TPSA) is 29.3 Å². The van der Waals surface area contributed by atoms with Gasteiger partial charge in [0.05, 0.1) is 10.7 Å². The van der Waals surface area contributed by atoms with E-state index < -0.39 is 0 Å². The summed E-state index contributed by atoms with van der Waals surface area (Å²) in [6.07, 6.45) is 0.810. The van der Waals surface area contributed by atoms with Crippen LogP contribution >= 0.6 is 12.2 Å². The lowest BCUT2D eigenvalue weighted by molar-refractivity contribution is 0.474. The molecule has 2 nitrogen and oxygen atoms in total. The van der Waals surface area contributed by atoms with Crippen LogP contribution in [-0.2, 0) is 0 Å². The van der Waals surface area contributed by atoms with Crippen molar-refractivity contribution >= 4 is 22.9 Å². The van der Waals surface area contributed by atoms with Crippen LogP contribution in [0, 0.1) is 11.2 Å². The monoisotopic (exact) mass is 268 g/mol. The normalized spacial score (nSPS) is 11.3. The highest BCUT2D eigenvalue weighted by molar-refractivity contribution is 7.80. The van der Waals surface area contributed by atoms with Gasteiger partial charge in [-0.1, -0.05) is 38.2 Å². The number of anilines is 1. The lowest BCUT2D eigenvalue weighted by atomic mass is 9.89. The van der Waals surface area contributed by atoms with Crippen molar-refractivity contribution in [2.24, 2.45) is 11.1 Å². The molecule has 0 saturated heterocycles. The number of hydrogen-bond donors (Lipinski definition) is 1. The van der Waals surface area contributed by atoms with Gasteiger partial charge in [0.2, 0.25) is 0 Å². The van der Waals surface area contributed by atoms with Crippen LogP contribution in [0.4, 0.5) is 10.1 Å². The number of hydrogen-bond acceptors (Lipinski definition) is 2. The number of rotatable bonds is 6. The van der Waals surface area contributed by atoms with Crippen LogP contribution in [0.15, 0.2) is 24.3 Å². The number of nitrogens with two attached hydrogens (primary N) is 1. The summed E-state index contributed by atoms with van der Waals surface area (Å²) in [6.45, 7) is 7.55. The molecule has 2 N–H and O–H groups in total. The largest absolute Gasteiger partial charge is 0.393 e. The van der Waals surface area contributed by atoms with Gasteiger partial charge in [-0.15, -0.1) is 0 Å². The zero-order valence-electron chi connectivity index (χ0n) is 11.2. The van der Waals surface area contributed by atoms with Gasteiger partial charge in [-0.3, -0.25) is 0 Å². The van der Waals surface area contributed by atoms with Crippen LogP contribution in [-0.4, -0.2) is 18.1 Å². The van der Waals surface area contributed by atoms with Crippen molar-refractivity contribution in [1.29, 1.82) is 0 Å². The third kappa shape index (κ3) is 3.67. The third-order valence-electron chi connectivity index (χ3n) is 3.25. The molecule has 0 amide bonds. The smallest absolute Gasteiger partial charge is 0.146 e. The lowest BCUT2D eigenvalue weighted by Crippen LogP contribution is -2.35. The van der Waals surface area contributed by atoms with E-state index in [4.69, 9.17) is 18.0 Å². The van der Waals surface area contributed by atoms with E-state index in [-0.39, 0.29) is 11.2 Å². The van der Waals surface area contributed by atoms with Crippen LogP contribution in [0.3, 0.4) is 0 Å². The highest BCUT2D eigenvalue weighted by Crippen LogP contribution is 2.24. The van der Waals surface area contributed by atoms with Gasteiger partial charge in [0.25, 0.3) is 0 Å². The minimum absolute atomic E-state index is 0.188. The molecule has 4 heteroatoms. The maximum absolute atomic E-state index is 13.7. The Morgan fingerprint density at radius 1 is 1.39 bits per heavy atom. The molecule has 18 heavy (non-hydrogen) atoms. The predicted octanol–water partition coefficient (Wildman–Crippen LogP) is 3.35. The van der Waals surface area contributed by atoms with Gasteiger partial charge in [0.1, 0.15) is 5.82 Å². The standard InChI is InChI=1S/C14H21FN2S/c1-4-17(10-9-14(2,3)13(16)18)12-8-6-5-7-11(12)15/h5-8H,4,9-10H2,1-3H3,(H2,16,18). The van der Waals surface area contributed by atoms with E-state index in [1.807, 2.05) is 31.7 Å². The van der Waals surface area contributed by atoms with Gasteiger partial charge >= 0.3 is 0 Å². The van der Waals surface area contributed by atoms with Crippen molar-refractivity contribution in [1.82, 2.24) is 0 Å². The molecule has 1 rings (SSSR count). The number of halogens is 1. The van der Waals surface area contributed by atoms with E-state index in [9.17, 15) is 4.39 Å². The van der Waals surface area contributed by atoms with Gasteiger partial charge in [0, 0.05) is 18.5 Å². The fourth-order valence-corrected chi connectivity index (χ4v) is 1.80. The molecule has 0 aromatic heterocycles. The average Bonchev–Trinajstić information content (AvgIpc) is 2.31. The molecule has 0 spiro atoms. The molecule has 1 aromatic carbocycles. The molecule has 0 radical (unpaired) electrons. The summed E-state index contributed by atoms with van der Waals surface area (Å²) >= 11 is 5.05. The molecule has 0 saturated carbocycles. The maximum Gasteiger partial charge on any atom is 0.146 e. The molecule has 0 atom stereocenters. The third-order valence-corrected chi connectivity index (χ3v) is 3.80. The number of para-hydroxylation sites is 1. The number of nitrogens with zero attached hydrogens (tertiary/aromatic N) is 1. The molecule has 0 bridgehead atoms. The van der Waals surface area contributed by atoms with Crippen LogP contribution in [0.25, 0.3) is 0 Å². The second-order valence-electron chi connectivity index (χ2n) is 5.03. The number of benzene rings is 1. The number of thiocarbonyl (C=S) groups is 1. The SMILES string of the molecule is CCN(CCC(C)(C)C(N)=S)c1ccccc1F. The summed E-state index contributed by atoms with van der Waals surface area (Å²) in [7, 11) is 0. The first-order valence-electron chi connectivity index (χ1n) is 6.18. The predicted molar refractivity (Wildman–Crippen MR) is 79.5 cm³/mol. The van der Waals surface area contributed by atoms with Gasteiger partial charge in [-0.25, -0.2) is 4.39 Å². The highest BCUT2D eigenvalue weighted by atomic mass is 32.1. The minimum Gasteiger partial charge on any atom is -0.393 e. The summed E-state index contributed by atoms with van der Waals surface area (Å²) in [4.78, 5) is 2.52. The first-order chi connectivity index (χ1) is 8.38. The molecule has 0 unspecified atom stereocenters. The zero-order chi connectivity index (χ0) is 13.8. The van der Waals surface area contributed by atoms with Crippen LogP contribution in [0.2, 0.25) is 0 Å². The molecule has 0 aliphatic carbocycles. The first kappa shape index (κ1) is 14.9. The van der Waals surface area contributed by atoms with Gasteiger partial charge in [0.15, 0.2) is 0 Å². The summed E-state index contributed by atoms with van der Waals surface area (Å²) in [5, 5.41) is 0. The lowest BCUT2D eigenvalue weighted by Gasteiger charge is -2.29. The fraction of sp³-hybridized carbons (Fsp3) is 0.500. The van der Waals surface area contributed by atoms with Crippen molar-refractivity contribution in [3.05, 3.63) is 30.1 Å². The quantitative estimate of drug-likeness (QED) is 0.802. The summed E-state index contributed by atoms with van der Waals surface area (Å²) in [5.41, 5.74) is 6.14.